The van der Waals surface area contributed by atoms with Gasteiger partial charge < -0.3 is 20.5 Å². The maximum absolute atomic E-state index is 13.7. The number of nitrogens with zero attached hydrogens (tertiary/aromatic N) is 4. The number of anilines is 3. The number of halogens is 2. The summed E-state index contributed by atoms with van der Waals surface area (Å²) in [6.45, 7) is 0.173. The van der Waals surface area contributed by atoms with Crippen LogP contribution < -0.4 is 13.7 Å². The van der Waals surface area contributed by atoms with Crippen LogP contribution in [0.2, 0.25) is 0 Å². The number of nitrogens with two attached hydrogens (primary N) is 1. The van der Waals surface area contributed by atoms with Gasteiger partial charge in [-0.15, -0.1) is 0 Å². The molecule has 1 saturated heterocycles. The zero-order valence-corrected chi connectivity index (χ0v) is 12.1. The number of hydrogen-bond acceptors (Lipinski definition) is 7. The van der Waals surface area contributed by atoms with Crippen molar-refractivity contribution in [1.82, 2.24) is 9.97 Å². The van der Waals surface area contributed by atoms with E-state index in [1.54, 1.807) is 0 Å². The number of aromatic nitrogens is 2. The van der Waals surface area contributed by atoms with Crippen molar-refractivity contribution < 1.29 is 14.2 Å². The number of nitrogen functional groups attached to an aromatic ring is 1. The minimum atomic E-state index is -1.17. The molecule has 3 rings (SSSR count). The van der Waals surface area contributed by atoms with Crippen molar-refractivity contribution in [1.29, 1.82) is 0 Å². The molecule has 9 heteroatoms. The van der Waals surface area contributed by atoms with Crippen molar-refractivity contribution in [3.05, 3.63) is 6.33 Å². The van der Waals surface area contributed by atoms with Crippen molar-refractivity contribution in [3.8, 4) is 0 Å². The van der Waals surface area contributed by atoms with Gasteiger partial charge in [0.15, 0.2) is 11.6 Å². The van der Waals surface area contributed by atoms with E-state index in [0.29, 0.717) is 18.3 Å². The van der Waals surface area contributed by atoms with E-state index in [1.165, 1.54) is 6.33 Å². The fourth-order valence-corrected chi connectivity index (χ4v) is 3.16. The maximum atomic E-state index is 13.7. The standard InChI is InChI=1S/C10H13FIN5O2/c11-5-1-7(19-6(5)2-18)16-4-17(12)8-9(13)14-3-15-10(8)16/h3,5-7,18H,1-2,4H2,(H2,13,14,15)/t5?,6-,7-/m1/s1. The van der Waals surface area contributed by atoms with E-state index < -0.39 is 18.5 Å². The molecule has 104 valence electrons. The summed E-state index contributed by atoms with van der Waals surface area (Å²) in [7, 11) is 0. The molecule has 1 aromatic heterocycles. The van der Waals surface area contributed by atoms with Crippen LogP contribution in [-0.2, 0) is 4.74 Å². The maximum Gasteiger partial charge on any atom is 0.162 e. The highest BCUT2D eigenvalue weighted by molar-refractivity contribution is 14.1. The predicted octanol–water partition coefficient (Wildman–Crippen LogP) is 0.438. The molecule has 0 saturated carbocycles. The fraction of sp³-hybridized carbons (Fsp3) is 0.600. The van der Waals surface area contributed by atoms with Gasteiger partial charge in [-0.3, -0.25) is 3.11 Å². The van der Waals surface area contributed by atoms with E-state index in [9.17, 15) is 4.39 Å². The summed E-state index contributed by atoms with van der Waals surface area (Å²) in [5.74, 6) is 1.02. The van der Waals surface area contributed by atoms with Gasteiger partial charge in [-0.2, -0.15) is 0 Å². The number of aliphatic hydroxyl groups is 1. The quantitative estimate of drug-likeness (QED) is 0.568. The topological polar surface area (TPSA) is 87.7 Å². The lowest BCUT2D eigenvalue weighted by Gasteiger charge is -2.24. The molecule has 1 unspecified atom stereocenters. The molecule has 1 aromatic rings. The van der Waals surface area contributed by atoms with Gasteiger partial charge in [0, 0.05) is 6.42 Å². The number of rotatable bonds is 2. The molecule has 0 spiro atoms. The van der Waals surface area contributed by atoms with Crippen LogP contribution in [0, 0.1) is 0 Å². The highest BCUT2D eigenvalue weighted by atomic mass is 127. The third kappa shape index (κ3) is 2.09. The molecule has 2 aliphatic heterocycles. The van der Waals surface area contributed by atoms with Gasteiger partial charge in [0.2, 0.25) is 0 Å². The third-order valence-corrected chi connectivity index (χ3v) is 4.10. The Bertz CT molecular complexity index is 493. The molecule has 3 heterocycles. The van der Waals surface area contributed by atoms with E-state index >= 15 is 0 Å². The van der Waals surface area contributed by atoms with E-state index in [4.69, 9.17) is 15.6 Å². The molecule has 0 aromatic carbocycles. The Hall–Kier alpha value is -0.940. The van der Waals surface area contributed by atoms with Crippen LogP contribution in [0.1, 0.15) is 6.42 Å². The Labute approximate surface area is 123 Å². The van der Waals surface area contributed by atoms with E-state index in [2.05, 4.69) is 32.8 Å². The van der Waals surface area contributed by atoms with Crippen LogP contribution in [-0.4, -0.2) is 46.9 Å². The Morgan fingerprint density at radius 1 is 1.58 bits per heavy atom. The summed E-state index contributed by atoms with van der Waals surface area (Å²) < 4.78 is 21.0. The van der Waals surface area contributed by atoms with Crippen molar-refractivity contribution in [2.75, 3.05) is 27.0 Å². The summed E-state index contributed by atoms with van der Waals surface area (Å²) in [4.78, 5) is 9.98. The molecule has 2 aliphatic rings. The number of alkyl halides is 1. The SMILES string of the molecule is Nc1ncnc2c1N(I)CN2[C@H]1CC(F)[C@@H](CO)O1. The summed E-state index contributed by atoms with van der Waals surface area (Å²) in [5, 5.41) is 9.05. The average Bonchev–Trinajstić information content (AvgIpc) is 2.91. The minimum absolute atomic E-state index is 0.207. The van der Waals surface area contributed by atoms with Crippen molar-refractivity contribution >= 4 is 40.2 Å². The highest BCUT2D eigenvalue weighted by Crippen LogP contribution is 2.42. The van der Waals surface area contributed by atoms with Crippen molar-refractivity contribution in [3.63, 3.8) is 0 Å². The molecular formula is C10H13FIN5O2. The summed E-state index contributed by atoms with van der Waals surface area (Å²) >= 11 is 2.10. The molecule has 0 radical (unpaired) electrons. The zero-order chi connectivity index (χ0) is 13.6. The molecule has 0 bridgehead atoms. The Morgan fingerprint density at radius 3 is 3.05 bits per heavy atom. The first-order valence-corrected chi connectivity index (χ1v) is 6.79. The lowest BCUT2D eigenvalue weighted by Crippen LogP contribution is -2.37. The lowest BCUT2D eigenvalue weighted by atomic mass is 10.2. The van der Waals surface area contributed by atoms with E-state index in [-0.39, 0.29) is 13.0 Å². The molecule has 3 atom stereocenters. The predicted molar refractivity (Wildman–Crippen MR) is 75.5 cm³/mol. The summed E-state index contributed by atoms with van der Waals surface area (Å²) in [6, 6.07) is 0. The Morgan fingerprint density at radius 2 is 2.37 bits per heavy atom. The molecule has 3 N–H and O–H groups in total. The monoisotopic (exact) mass is 381 g/mol. The van der Waals surface area contributed by atoms with Gasteiger partial charge in [0.25, 0.3) is 0 Å². The van der Waals surface area contributed by atoms with Gasteiger partial charge in [0.1, 0.15) is 37.2 Å². The van der Waals surface area contributed by atoms with Gasteiger partial charge in [0.05, 0.1) is 29.5 Å². The van der Waals surface area contributed by atoms with Crippen LogP contribution in [0.15, 0.2) is 6.33 Å². The molecule has 0 amide bonds. The van der Waals surface area contributed by atoms with Gasteiger partial charge in [-0.05, 0) is 0 Å². The van der Waals surface area contributed by atoms with Crippen molar-refractivity contribution in [2.45, 2.75) is 24.9 Å². The fourth-order valence-electron chi connectivity index (χ4n) is 2.37. The number of ether oxygens (including phenoxy) is 1. The Balaban J connectivity index is 1.88. The lowest BCUT2D eigenvalue weighted by molar-refractivity contribution is -0.00567. The van der Waals surface area contributed by atoms with Crippen LogP contribution >= 0.6 is 22.9 Å². The second-order valence-corrected chi connectivity index (χ2v) is 5.63. The van der Waals surface area contributed by atoms with E-state index in [1.807, 2.05) is 8.01 Å². The molecule has 1 fully saturated rings. The summed E-state index contributed by atoms with van der Waals surface area (Å²) in [6.07, 6.45) is -0.793. The highest BCUT2D eigenvalue weighted by Gasteiger charge is 2.42. The second kappa shape index (κ2) is 4.87. The minimum Gasteiger partial charge on any atom is -0.394 e. The van der Waals surface area contributed by atoms with Crippen LogP contribution in [0.25, 0.3) is 0 Å². The largest absolute Gasteiger partial charge is 0.394 e. The molecular weight excluding hydrogens is 368 g/mol. The first kappa shape index (κ1) is 13.1. The molecule has 0 aliphatic carbocycles. The zero-order valence-electron chi connectivity index (χ0n) is 9.91. The normalized spacial score (nSPS) is 29.9. The van der Waals surface area contributed by atoms with Gasteiger partial charge >= 0.3 is 0 Å². The Kier molecular flexibility index (Phi) is 3.35. The number of hydrogen-bond donors (Lipinski definition) is 2. The average molecular weight is 381 g/mol. The van der Waals surface area contributed by atoms with Crippen LogP contribution in [0.3, 0.4) is 0 Å². The second-order valence-electron chi connectivity index (χ2n) is 4.47. The van der Waals surface area contributed by atoms with Gasteiger partial charge in [-0.1, -0.05) is 0 Å². The van der Waals surface area contributed by atoms with Crippen LogP contribution in [0.4, 0.5) is 21.7 Å². The van der Waals surface area contributed by atoms with Gasteiger partial charge in [-0.25, -0.2) is 14.4 Å². The first-order chi connectivity index (χ1) is 9.11. The smallest absolute Gasteiger partial charge is 0.162 e. The van der Waals surface area contributed by atoms with Crippen LogP contribution in [0.5, 0.6) is 0 Å². The first-order valence-electron chi connectivity index (χ1n) is 5.82. The third-order valence-electron chi connectivity index (χ3n) is 3.31. The molecule has 7 nitrogen and oxygen atoms in total. The molecule has 19 heavy (non-hydrogen) atoms. The number of fused-ring (bicyclic) bond motifs is 1. The van der Waals surface area contributed by atoms with Crippen molar-refractivity contribution in [2.24, 2.45) is 0 Å². The number of aliphatic hydroxyl groups excluding tert-OH is 1. The summed E-state index contributed by atoms with van der Waals surface area (Å²) in [5.41, 5.74) is 6.54. The van der Waals surface area contributed by atoms with E-state index in [0.717, 1.165) is 5.69 Å².